The van der Waals surface area contributed by atoms with Gasteiger partial charge in [0, 0.05) is 31.7 Å². The zero-order chi connectivity index (χ0) is 15.5. The average molecular weight is 310 g/mol. The SMILES string of the molecule is CC1CNC(c2ccccc2)CN1CCS(=O)(=O)C(C)C. The van der Waals surface area contributed by atoms with Crippen LogP contribution in [0.3, 0.4) is 0 Å². The van der Waals surface area contributed by atoms with Gasteiger partial charge in [0.25, 0.3) is 0 Å². The standard InChI is InChI=1S/C16H26N2O2S/c1-13(2)21(19,20)10-9-18-12-16(17-11-14(18)3)15-7-5-4-6-8-15/h4-8,13-14,16-17H,9-12H2,1-3H3. The van der Waals surface area contributed by atoms with Crippen molar-refractivity contribution in [2.45, 2.75) is 38.1 Å². The maximum atomic E-state index is 12.0. The Hall–Kier alpha value is -0.910. The summed E-state index contributed by atoms with van der Waals surface area (Å²) in [5.74, 6) is 0.247. The molecule has 5 heteroatoms. The average Bonchev–Trinajstić information content (AvgIpc) is 2.47. The molecule has 4 nitrogen and oxygen atoms in total. The van der Waals surface area contributed by atoms with E-state index in [1.807, 2.05) is 18.2 Å². The topological polar surface area (TPSA) is 49.4 Å². The molecule has 0 radical (unpaired) electrons. The summed E-state index contributed by atoms with van der Waals surface area (Å²) in [5, 5.41) is 3.25. The van der Waals surface area contributed by atoms with E-state index in [2.05, 4.69) is 29.3 Å². The lowest BCUT2D eigenvalue weighted by molar-refractivity contribution is 0.149. The van der Waals surface area contributed by atoms with Crippen molar-refractivity contribution in [3.8, 4) is 0 Å². The van der Waals surface area contributed by atoms with Crippen LogP contribution < -0.4 is 5.32 Å². The minimum absolute atomic E-state index is 0.247. The highest BCUT2D eigenvalue weighted by Crippen LogP contribution is 2.19. The molecule has 0 bridgehead atoms. The fraction of sp³-hybridized carbons (Fsp3) is 0.625. The third-order valence-electron chi connectivity index (χ3n) is 4.28. The lowest BCUT2D eigenvalue weighted by atomic mass is 10.0. The van der Waals surface area contributed by atoms with Gasteiger partial charge in [-0.05, 0) is 26.3 Å². The molecular formula is C16H26N2O2S. The summed E-state index contributed by atoms with van der Waals surface area (Å²) < 4.78 is 24.0. The summed E-state index contributed by atoms with van der Waals surface area (Å²) >= 11 is 0. The van der Waals surface area contributed by atoms with E-state index in [9.17, 15) is 8.42 Å². The van der Waals surface area contributed by atoms with Crippen molar-refractivity contribution >= 4 is 9.84 Å². The van der Waals surface area contributed by atoms with Gasteiger partial charge in [-0.15, -0.1) is 0 Å². The van der Waals surface area contributed by atoms with Crippen LogP contribution >= 0.6 is 0 Å². The molecule has 2 rings (SSSR count). The smallest absolute Gasteiger partial charge is 0.153 e. The van der Waals surface area contributed by atoms with Gasteiger partial charge in [0.1, 0.15) is 0 Å². The van der Waals surface area contributed by atoms with Crippen LogP contribution in [0.2, 0.25) is 0 Å². The van der Waals surface area contributed by atoms with Crippen molar-refractivity contribution in [2.75, 3.05) is 25.4 Å². The maximum Gasteiger partial charge on any atom is 0.153 e. The number of sulfone groups is 1. The first-order chi connectivity index (χ1) is 9.90. The summed E-state index contributed by atoms with van der Waals surface area (Å²) in [5.41, 5.74) is 1.26. The molecule has 1 aromatic rings. The molecule has 2 unspecified atom stereocenters. The van der Waals surface area contributed by atoms with Gasteiger partial charge in [0.2, 0.25) is 0 Å². The summed E-state index contributed by atoms with van der Waals surface area (Å²) in [6, 6.07) is 11.0. The third-order valence-corrected chi connectivity index (χ3v) is 6.47. The van der Waals surface area contributed by atoms with E-state index in [0.717, 1.165) is 13.1 Å². The molecule has 1 fully saturated rings. The molecule has 1 N–H and O–H groups in total. The van der Waals surface area contributed by atoms with Crippen LogP contribution in [0.4, 0.5) is 0 Å². The second-order valence-corrected chi connectivity index (χ2v) is 8.81. The summed E-state index contributed by atoms with van der Waals surface area (Å²) in [6.45, 7) is 8.02. The molecule has 21 heavy (non-hydrogen) atoms. The van der Waals surface area contributed by atoms with E-state index >= 15 is 0 Å². The summed E-state index contributed by atoms with van der Waals surface area (Å²) in [6.07, 6.45) is 0. The minimum atomic E-state index is -2.97. The van der Waals surface area contributed by atoms with Crippen LogP contribution in [-0.2, 0) is 9.84 Å². The highest BCUT2D eigenvalue weighted by molar-refractivity contribution is 7.92. The number of benzene rings is 1. The molecule has 1 aliphatic rings. The number of hydrogen-bond donors (Lipinski definition) is 1. The Balaban J connectivity index is 1.99. The number of nitrogens with one attached hydrogen (secondary N) is 1. The van der Waals surface area contributed by atoms with Crippen LogP contribution in [0.25, 0.3) is 0 Å². The minimum Gasteiger partial charge on any atom is -0.307 e. The van der Waals surface area contributed by atoms with E-state index in [4.69, 9.17) is 0 Å². The Kier molecular flexibility index (Phi) is 5.41. The van der Waals surface area contributed by atoms with Crippen LogP contribution in [-0.4, -0.2) is 50.0 Å². The predicted octanol–water partition coefficient (Wildman–Crippen LogP) is 1.84. The normalized spacial score (nSPS) is 24.4. The van der Waals surface area contributed by atoms with E-state index in [0.29, 0.717) is 12.6 Å². The second kappa shape index (κ2) is 6.90. The van der Waals surface area contributed by atoms with Gasteiger partial charge in [-0.3, -0.25) is 4.90 Å². The molecule has 1 heterocycles. The maximum absolute atomic E-state index is 12.0. The third kappa shape index (κ3) is 4.28. The van der Waals surface area contributed by atoms with Gasteiger partial charge in [0.15, 0.2) is 9.84 Å². The molecule has 1 saturated heterocycles. The fourth-order valence-corrected chi connectivity index (χ4v) is 3.58. The predicted molar refractivity (Wildman–Crippen MR) is 87.1 cm³/mol. The fourth-order valence-electron chi connectivity index (χ4n) is 2.62. The molecule has 0 aromatic heterocycles. The first-order valence-corrected chi connectivity index (χ1v) is 9.35. The van der Waals surface area contributed by atoms with Crippen molar-refractivity contribution in [3.63, 3.8) is 0 Å². The number of rotatable bonds is 5. The highest BCUT2D eigenvalue weighted by Gasteiger charge is 2.27. The Morgan fingerprint density at radius 2 is 1.95 bits per heavy atom. The van der Waals surface area contributed by atoms with Gasteiger partial charge in [0.05, 0.1) is 11.0 Å². The molecular weight excluding hydrogens is 284 g/mol. The molecule has 0 spiro atoms. The Labute approximate surface area is 128 Å². The van der Waals surface area contributed by atoms with E-state index in [-0.39, 0.29) is 17.0 Å². The van der Waals surface area contributed by atoms with Crippen LogP contribution in [0.1, 0.15) is 32.4 Å². The Morgan fingerprint density at radius 3 is 2.57 bits per heavy atom. The highest BCUT2D eigenvalue weighted by atomic mass is 32.2. The number of hydrogen-bond acceptors (Lipinski definition) is 4. The van der Waals surface area contributed by atoms with Gasteiger partial charge < -0.3 is 5.32 Å². The molecule has 2 atom stereocenters. The molecule has 1 aliphatic heterocycles. The van der Waals surface area contributed by atoms with Crippen LogP contribution in [0.15, 0.2) is 30.3 Å². The quantitative estimate of drug-likeness (QED) is 0.902. The molecule has 1 aromatic carbocycles. The number of piperazine rings is 1. The van der Waals surface area contributed by atoms with Gasteiger partial charge in [-0.25, -0.2) is 8.42 Å². The Morgan fingerprint density at radius 1 is 1.29 bits per heavy atom. The van der Waals surface area contributed by atoms with Crippen molar-refractivity contribution in [1.29, 1.82) is 0 Å². The molecule has 0 saturated carbocycles. The lowest BCUT2D eigenvalue weighted by Crippen LogP contribution is -2.52. The van der Waals surface area contributed by atoms with E-state index in [1.54, 1.807) is 13.8 Å². The molecule has 0 aliphatic carbocycles. The first-order valence-electron chi connectivity index (χ1n) is 7.64. The van der Waals surface area contributed by atoms with Crippen molar-refractivity contribution in [1.82, 2.24) is 10.2 Å². The van der Waals surface area contributed by atoms with Crippen molar-refractivity contribution < 1.29 is 8.42 Å². The van der Waals surface area contributed by atoms with Crippen molar-refractivity contribution in [3.05, 3.63) is 35.9 Å². The number of nitrogens with zero attached hydrogens (tertiary/aromatic N) is 1. The van der Waals surface area contributed by atoms with Crippen molar-refractivity contribution in [2.24, 2.45) is 0 Å². The Bertz CT molecular complexity index is 543. The monoisotopic (exact) mass is 310 g/mol. The largest absolute Gasteiger partial charge is 0.307 e. The summed E-state index contributed by atoms with van der Waals surface area (Å²) in [7, 11) is -2.97. The van der Waals surface area contributed by atoms with Gasteiger partial charge >= 0.3 is 0 Å². The molecule has 118 valence electrons. The zero-order valence-electron chi connectivity index (χ0n) is 13.1. The van der Waals surface area contributed by atoms with Gasteiger partial charge in [-0.1, -0.05) is 30.3 Å². The lowest BCUT2D eigenvalue weighted by Gasteiger charge is -2.39. The van der Waals surface area contributed by atoms with Crippen LogP contribution in [0, 0.1) is 0 Å². The first kappa shape index (κ1) is 16.5. The molecule has 0 amide bonds. The zero-order valence-corrected chi connectivity index (χ0v) is 13.9. The van der Waals surface area contributed by atoms with Gasteiger partial charge in [-0.2, -0.15) is 0 Å². The summed E-state index contributed by atoms with van der Waals surface area (Å²) in [4.78, 5) is 2.29. The van der Waals surface area contributed by atoms with Crippen LogP contribution in [0.5, 0.6) is 0 Å². The van der Waals surface area contributed by atoms with E-state index < -0.39 is 9.84 Å². The van der Waals surface area contributed by atoms with E-state index in [1.165, 1.54) is 5.56 Å². The second-order valence-electron chi connectivity index (χ2n) is 6.13.